The van der Waals surface area contributed by atoms with Gasteiger partial charge in [0.05, 0.1) is 0 Å². The van der Waals surface area contributed by atoms with E-state index in [1.54, 1.807) is 24.1 Å². The zero-order valence-electron chi connectivity index (χ0n) is 7.06. The Labute approximate surface area is 71.1 Å². The topological polar surface area (TPSA) is 44.1 Å². The Balaban J connectivity index is 2.36. The molecule has 1 heterocycles. The first-order valence-electron chi connectivity index (χ1n) is 3.84. The lowest BCUT2D eigenvalue weighted by Crippen LogP contribution is -2.02. The van der Waals surface area contributed by atoms with Crippen molar-refractivity contribution in [3.63, 3.8) is 0 Å². The normalized spacial score (nSPS) is 10.1. The third-order valence-corrected chi connectivity index (χ3v) is 1.52. The summed E-state index contributed by atoms with van der Waals surface area (Å²) < 4.78 is 6.62. The summed E-state index contributed by atoms with van der Waals surface area (Å²) >= 11 is 0. The van der Waals surface area contributed by atoms with E-state index in [0.29, 0.717) is 5.69 Å². The number of hydrogen-bond donors (Lipinski definition) is 0. The van der Waals surface area contributed by atoms with E-state index < -0.39 is 0 Å². The molecule has 0 unspecified atom stereocenters. The van der Waals surface area contributed by atoms with Crippen molar-refractivity contribution in [1.29, 1.82) is 0 Å². The Morgan fingerprint density at radius 3 is 3.17 bits per heavy atom. The van der Waals surface area contributed by atoms with E-state index in [2.05, 4.69) is 5.10 Å². The average Bonchev–Trinajstić information content (AvgIpc) is 2.53. The summed E-state index contributed by atoms with van der Waals surface area (Å²) in [7, 11) is 1.67. The van der Waals surface area contributed by atoms with Crippen molar-refractivity contribution in [2.45, 2.75) is 13.0 Å². The van der Waals surface area contributed by atoms with Crippen LogP contribution in [0.5, 0.6) is 0 Å². The Kier molecular flexibility index (Phi) is 3.47. The maximum absolute atomic E-state index is 10.2. The first-order chi connectivity index (χ1) is 5.86. The van der Waals surface area contributed by atoms with Gasteiger partial charge < -0.3 is 4.74 Å². The Hall–Kier alpha value is -1.16. The lowest BCUT2D eigenvalue weighted by atomic mass is 10.4. The number of aromatic nitrogens is 2. The van der Waals surface area contributed by atoms with Gasteiger partial charge in [-0.15, -0.1) is 0 Å². The number of hydrogen-bond acceptors (Lipinski definition) is 3. The maximum Gasteiger partial charge on any atom is 0.170 e. The molecule has 4 heteroatoms. The standard InChI is InChI=1S/C8H12N2O2/c1-12-6-2-4-10-5-3-8(7-11)9-10/h3,5,7H,2,4,6H2,1H3. The van der Waals surface area contributed by atoms with Gasteiger partial charge in [0.2, 0.25) is 0 Å². The molecular weight excluding hydrogens is 156 g/mol. The molecule has 0 aliphatic heterocycles. The van der Waals surface area contributed by atoms with Crippen molar-refractivity contribution < 1.29 is 9.53 Å². The number of ether oxygens (including phenoxy) is 1. The van der Waals surface area contributed by atoms with Gasteiger partial charge >= 0.3 is 0 Å². The van der Waals surface area contributed by atoms with E-state index in [9.17, 15) is 4.79 Å². The number of methoxy groups -OCH3 is 1. The molecule has 0 bridgehead atoms. The minimum atomic E-state index is 0.479. The van der Waals surface area contributed by atoms with E-state index in [-0.39, 0.29) is 0 Å². The molecule has 0 aromatic carbocycles. The number of aryl methyl sites for hydroxylation is 1. The smallest absolute Gasteiger partial charge is 0.170 e. The molecular formula is C8H12N2O2. The molecule has 0 atom stereocenters. The maximum atomic E-state index is 10.2. The summed E-state index contributed by atoms with van der Waals surface area (Å²) in [6.07, 6.45) is 3.45. The highest BCUT2D eigenvalue weighted by molar-refractivity contribution is 5.71. The van der Waals surface area contributed by atoms with Crippen LogP contribution < -0.4 is 0 Å². The highest BCUT2D eigenvalue weighted by Gasteiger charge is 1.95. The van der Waals surface area contributed by atoms with Crippen molar-refractivity contribution in [1.82, 2.24) is 9.78 Å². The molecule has 66 valence electrons. The van der Waals surface area contributed by atoms with Crippen LogP contribution in [0.4, 0.5) is 0 Å². The van der Waals surface area contributed by atoms with Crippen LogP contribution in [0.15, 0.2) is 12.3 Å². The van der Waals surface area contributed by atoms with Gasteiger partial charge in [-0.1, -0.05) is 0 Å². The molecule has 4 nitrogen and oxygen atoms in total. The molecule has 0 N–H and O–H groups in total. The minimum Gasteiger partial charge on any atom is -0.385 e. The molecule has 1 aromatic rings. The van der Waals surface area contributed by atoms with Crippen LogP contribution in [0.1, 0.15) is 16.9 Å². The SMILES string of the molecule is COCCCn1ccc(C=O)n1. The lowest BCUT2D eigenvalue weighted by molar-refractivity contribution is 0.111. The predicted octanol–water partition coefficient (Wildman–Crippen LogP) is 0.732. The Bertz CT molecular complexity index is 245. The van der Waals surface area contributed by atoms with Crippen LogP contribution >= 0.6 is 0 Å². The van der Waals surface area contributed by atoms with Gasteiger partial charge in [-0.3, -0.25) is 9.48 Å². The van der Waals surface area contributed by atoms with Crippen molar-refractivity contribution in [2.75, 3.05) is 13.7 Å². The summed E-state index contributed by atoms with van der Waals surface area (Å²) in [5, 5.41) is 3.99. The van der Waals surface area contributed by atoms with E-state index in [1.165, 1.54) is 0 Å². The lowest BCUT2D eigenvalue weighted by Gasteiger charge is -1.99. The fraction of sp³-hybridized carbons (Fsp3) is 0.500. The number of carbonyl (C=O) groups excluding carboxylic acids is 1. The molecule has 0 spiro atoms. The fourth-order valence-electron chi connectivity index (χ4n) is 0.936. The number of nitrogens with zero attached hydrogens (tertiary/aromatic N) is 2. The molecule has 0 aliphatic carbocycles. The van der Waals surface area contributed by atoms with Crippen LogP contribution in [-0.4, -0.2) is 29.8 Å². The summed E-state index contributed by atoms with van der Waals surface area (Å²) in [5.74, 6) is 0. The third-order valence-electron chi connectivity index (χ3n) is 1.52. The molecule has 0 aliphatic rings. The van der Waals surface area contributed by atoms with Crippen LogP contribution in [0.3, 0.4) is 0 Å². The van der Waals surface area contributed by atoms with E-state index in [1.807, 2.05) is 0 Å². The van der Waals surface area contributed by atoms with Gasteiger partial charge in [-0.2, -0.15) is 5.10 Å². The van der Waals surface area contributed by atoms with Crippen LogP contribution in [0, 0.1) is 0 Å². The van der Waals surface area contributed by atoms with Crippen molar-refractivity contribution >= 4 is 6.29 Å². The highest BCUT2D eigenvalue weighted by atomic mass is 16.5. The van der Waals surface area contributed by atoms with Gasteiger partial charge in [0.25, 0.3) is 0 Å². The zero-order chi connectivity index (χ0) is 8.81. The molecule has 1 aromatic heterocycles. The van der Waals surface area contributed by atoms with Crippen LogP contribution in [0.2, 0.25) is 0 Å². The van der Waals surface area contributed by atoms with Crippen LogP contribution in [0.25, 0.3) is 0 Å². The summed E-state index contributed by atoms with van der Waals surface area (Å²) in [5.41, 5.74) is 0.479. The number of rotatable bonds is 5. The molecule has 12 heavy (non-hydrogen) atoms. The second kappa shape index (κ2) is 4.66. The van der Waals surface area contributed by atoms with Crippen molar-refractivity contribution in [2.24, 2.45) is 0 Å². The van der Waals surface area contributed by atoms with Crippen molar-refractivity contribution in [3.05, 3.63) is 18.0 Å². The minimum absolute atomic E-state index is 0.479. The quantitative estimate of drug-likeness (QED) is 0.481. The van der Waals surface area contributed by atoms with Gasteiger partial charge in [-0.25, -0.2) is 0 Å². The van der Waals surface area contributed by atoms with E-state index in [0.717, 1.165) is 25.9 Å². The molecule has 0 saturated carbocycles. The van der Waals surface area contributed by atoms with Gasteiger partial charge in [0.1, 0.15) is 5.69 Å². The number of carbonyl (C=O) groups is 1. The summed E-state index contributed by atoms with van der Waals surface area (Å²) in [4.78, 5) is 10.2. The summed E-state index contributed by atoms with van der Waals surface area (Å²) in [6, 6.07) is 1.69. The van der Waals surface area contributed by atoms with Gasteiger partial charge in [-0.05, 0) is 12.5 Å². The number of aldehydes is 1. The molecule has 0 amide bonds. The molecule has 0 saturated heterocycles. The van der Waals surface area contributed by atoms with Crippen molar-refractivity contribution in [3.8, 4) is 0 Å². The molecule has 1 rings (SSSR count). The molecule has 0 fully saturated rings. The fourth-order valence-corrected chi connectivity index (χ4v) is 0.936. The van der Waals surface area contributed by atoms with E-state index >= 15 is 0 Å². The summed E-state index contributed by atoms with van der Waals surface area (Å²) in [6.45, 7) is 1.51. The second-order valence-corrected chi connectivity index (χ2v) is 2.47. The van der Waals surface area contributed by atoms with Gasteiger partial charge in [0, 0.05) is 26.5 Å². The van der Waals surface area contributed by atoms with Crippen LogP contribution in [-0.2, 0) is 11.3 Å². The Morgan fingerprint density at radius 2 is 2.58 bits per heavy atom. The first kappa shape index (κ1) is 8.93. The monoisotopic (exact) mass is 168 g/mol. The third kappa shape index (κ3) is 2.47. The first-order valence-corrected chi connectivity index (χ1v) is 3.84. The predicted molar refractivity (Wildman–Crippen MR) is 44.1 cm³/mol. The largest absolute Gasteiger partial charge is 0.385 e. The second-order valence-electron chi connectivity index (χ2n) is 2.47. The molecule has 0 radical (unpaired) electrons. The van der Waals surface area contributed by atoms with E-state index in [4.69, 9.17) is 4.74 Å². The zero-order valence-corrected chi connectivity index (χ0v) is 7.06. The van der Waals surface area contributed by atoms with Gasteiger partial charge in [0.15, 0.2) is 6.29 Å². The Morgan fingerprint density at radius 1 is 1.75 bits per heavy atom. The highest BCUT2D eigenvalue weighted by Crippen LogP contribution is 1.93. The average molecular weight is 168 g/mol.